The van der Waals surface area contributed by atoms with Crippen molar-refractivity contribution in [2.24, 2.45) is 0 Å². The molecule has 0 aliphatic heterocycles. The van der Waals surface area contributed by atoms with Crippen LogP contribution in [0, 0.1) is 11.6 Å². The molecule has 1 aromatic carbocycles. The van der Waals surface area contributed by atoms with Gasteiger partial charge in [0.2, 0.25) is 0 Å². The summed E-state index contributed by atoms with van der Waals surface area (Å²) in [6, 6.07) is 1.62. The predicted molar refractivity (Wildman–Crippen MR) is 49.8 cm³/mol. The minimum Gasteiger partial charge on any atom is -0.461 e. The molecule has 8 heteroatoms. The molecule has 102 valence electrons. The van der Waals surface area contributed by atoms with Crippen LogP contribution in [0.4, 0.5) is 22.0 Å². The molecule has 0 aliphatic carbocycles. The van der Waals surface area contributed by atoms with E-state index in [1.54, 1.807) is 0 Å². The molecule has 18 heavy (non-hydrogen) atoms. The van der Waals surface area contributed by atoms with Crippen molar-refractivity contribution in [3.05, 3.63) is 29.3 Å². The van der Waals surface area contributed by atoms with E-state index >= 15 is 0 Å². The van der Waals surface area contributed by atoms with Crippen molar-refractivity contribution in [1.82, 2.24) is 0 Å². The van der Waals surface area contributed by atoms with Crippen molar-refractivity contribution in [2.75, 3.05) is 13.4 Å². The maximum Gasteiger partial charge on any atom is 0.411 e. The van der Waals surface area contributed by atoms with Gasteiger partial charge in [0.15, 0.2) is 24.2 Å². The molecule has 1 N–H and O–H groups in total. The highest BCUT2D eigenvalue weighted by atomic mass is 19.4. The summed E-state index contributed by atoms with van der Waals surface area (Å²) in [7, 11) is 0. The lowest BCUT2D eigenvalue weighted by molar-refractivity contribution is -0.187. The highest BCUT2D eigenvalue weighted by Gasteiger charge is 2.27. The highest BCUT2D eigenvalue weighted by molar-refractivity contribution is 5.30. The third-order valence-corrected chi connectivity index (χ3v) is 1.79. The summed E-state index contributed by atoms with van der Waals surface area (Å²) < 4.78 is 69.9. The van der Waals surface area contributed by atoms with Crippen molar-refractivity contribution in [3.63, 3.8) is 0 Å². The summed E-state index contributed by atoms with van der Waals surface area (Å²) in [6.07, 6.45) is -4.54. The quantitative estimate of drug-likeness (QED) is 0.508. The first kappa shape index (κ1) is 14.7. The van der Waals surface area contributed by atoms with E-state index in [1.165, 1.54) is 0 Å². The Kier molecular flexibility index (Phi) is 4.85. The number of ether oxygens (including phenoxy) is 2. The number of aliphatic hydroxyl groups is 1. The molecule has 0 atom stereocenters. The van der Waals surface area contributed by atoms with Gasteiger partial charge in [0, 0.05) is 0 Å². The molecule has 1 aromatic rings. The lowest BCUT2D eigenvalue weighted by Gasteiger charge is -2.11. The number of hydrogen-bond donors (Lipinski definition) is 1. The van der Waals surface area contributed by atoms with Gasteiger partial charge in [0.25, 0.3) is 0 Å². The minimum atomic E-state index is -4.54. The van der Waals surface area contributed by atoms with E-state index in [0.717, 1.165) is 12.1 Å². The van der Waals surface area contributed by atoms with Gasteiger partial charge in [-0.2, -0.15) is 13.2 Å². The van der Waals surface area contributed by atoms with Crippen LogP contribution in [0.2, 0.25) is 0 Å². The van der Waals surface area contributed by atoms with Crippen LogP contribution in [0.15, 0.2) is 12.1 Å². The van der Waals surface area contributed by atoms with E-state index < -0.39 is 43.6 Å². The van der Waals surface area contributed by atoms with E-state index in [-0.39, 0.29) is 5.56 Å². The largest absolute Gasteiger partial charge is 0.461 e. The Labute approximate surface area is 98.7 Å². The van der Waals surface area contributed by atoms with Crippen LogP contribution in [0.5, 0.6) is 5.75 Å². The number of hydrogen-bond acceptors (Lipinski definition) is 3. The van der Waals surface area contributed by atoms with Crippen molar-refractivity contribution in [2.45, 2.75) is 12.8 Å². The zero-order chi connectivity index (χ0) is 13.8. The van der Waals surface area contributed by atoms with Crippen LogP contribution in [0.3, 0.4) is 0 Å². The van der Waals surface area contributed by atoms with E-state index in [2.05, 4.69) is 9.47 Å². The second kappa shape index (κ2) is 5.96. The second-order valence-corrected chi connectivity index (χ2v) is 3.27. The Hall–Kier alpha value is -1.41. The first-order valence-corrected chi connectivity index (χ1v) is 4.69. The lowest BCUT2D eigenvalue weighted by Crippen LogP contribution is -2.19. The molecule has 0 unspecified atom stereocenters. The molecule has 0 amide bonds. The summed E-state index contributed by atoms with van der Waals surface area (Å²) in [4.78, 5) is 0. The molecule has 0 saturated heterocycles. The first-order chi connectivity index (χ1) is 8.33. The third-order valence-electron chi connectivity index (χ3n) is 1.79. The van der Waals surface area contributed by atoms with Gasteiger partial charge in [0.1, 0.15) is 6.61 Å². The number of benzene rings is 1. The maximum atomic E-state index is 13.2. The SMILES string of the molecule is OCc1cc(F)c(OCOCC(F)(F)F)c(F)c1. The molecule has 0 fully saturated rings. The number of rotatable bonds is 5. The second-order valence-electron chi connectivity index (χ2n) is 3.27. The van der Waals surface area contributed by atoms with Gasteiger partial charge in [-0.15, -0.1) is 0 Å². The smallest absolute Gasteiger partial charge is 0.411 e. The summed E-state index contributed by atoms with van der Waals surface area (Å²) >= 11 is 0. The van der Waals surface area contributed by atoms with Gasteiger partial charge in [-0.3, -0.25) is 0 Å². The molecular weight excluding hydrogens is 263 g/mol. The maximum absolute atomic E-state index is 13.2. The zero-order valence-electron chi connectivity index (χ0n) is 8.93. The van der Waals surface area contributed by atoms with Crippen LogP contribution in [-0.2, 0) is 11.3 Å². The normalized spacial score (nSPS) is 11.7. The summed E-state index contributed by atoms with van der Waals surface area (Å²) in [5, 5.41) is 8.66. The van der Waals surface area contributed by atoms with E-state index in [4.69, 9.17) is 5.11 Å². The Morgan fingerprint density at radius 1 is 1.11 bits per heavy atom. The fourth-order valence-corrected chi connectivity index (χ4v) is 1.10. The monoisotopic (exact) mass is 272 g/mol. The van der Waals surface area contributed by atoms with Gasteiger partial charge in [0.05, 0.1) is 6.61 Å². The average Bonchev–Trinajstić information content (AvgIpc) is 2.25. The molecule has 0 heterocycles. The molecule has 0 bridgehead atoms. The van der Waals surface area contributed by atoms with Crippen LogP contribution >= 0.6 is 0 Å². The van der Waals surface area contributed by atoms with Crippen LogP contribution in [-0.4, -0.2) is 24.7 Å². The van der Waals surface area contributed by atoms with Crippen molar-refractivity contribution in [3.8, 4) is 5.75 Å². The van der Waals surface area contributed by atoms with Crippen LogP contribution in [0.1, 0.15) is 5.56 Å². The average molecular weight is 272 g/mol. The molecule has 0 radical (unpaired) electrons. The molecule has 0 spiro atoms. The molecule has 1 rings (SSSR count). The molecule has 3 nitrogen and oxygen atoms in total. The Balaban J connectivity index is 2.57. The molecule has 0 saturated carbocycles. The van der Waals surface area contributed by atoms with E-state index in [1.807, 2.05) is 0 Å². The molecular formula is C10H9F5O3. The summed E-state index contributed by atoms with van der Waals surface area (Å²) in [5.74, 6) is -3.11. The van der Waals surface area contributed by atoms with Gasteiger partial charge in [-0.05, 0) is 17.7 Å². The van der Waals surface area contributed by atoms with Crippen molar-refractivity contribution < 1.29 is 36.5 Å². The van der Waals surface area contributed by atoms with Gasteiger partial charge in [-0.1, -0.05) is 0 Å². The van der Waals surface area contributed by atoms with E-state index in [9.17, 15) is 22.0 Å². The van der Waals surface area contributed by atoms with Gasteiger partial charge in [-0.25, -0.2) is 8.78 Å². The zero-order valence-corrected chi connectivity index (χ0v) is 8.93. The number of aliphatic hydroxyl groups excluding tert-OH is 1. The van der Waals surface area contributed by atoms with Crippen molar-refractivity contribution >= 4 is 0 Å². The topological polar surface area (TPSA) is 38.7 Å². The Bertz CT molecular complexity index is 382. The fourth-order valence-electron chi connectivity index (χ4n) is 1.10. The lowest BCUT2D eigenvalue weighted by atomic mass is 10.2. The van der Waals surface area contributed by atoms with Gasteiger partial charge >= 0.3 is 6.18 Å². The fraction of sp³-hybridized carbons (Fsp3) is 0.400. The Morgan fingerprint density at radius 2 is 1.67 bits per heavy atom. The minimum absolute atomic E-state index is 0.0199. The Morgan fingerprint density at radius 3 is 2.11 bits per heavy atom. The molecule has 0 aromatic heterocycles. The third kappa shape index (κ3) is 4.46. The first-order valence-electron chi connectivity index (χ1n) is 4.69. The standard InChI is InChI=1S/C10H9F5O3/c11-7-1-6(3-16)2-8(12)9(7)18-5-17-4-10(13,14)15/h1-2,16H,3-5H2. The van der Waals surface area contributed by atoms with Gasteiger partial charge < -0.3 is 14.6 Å². The summed E-state index contributed by atoms with van der Waals surface area (Å²) in [5.41, 5.74) is -0.0199. The van der Waals surface area contributed by atoms with Crippen molar-refractivity contribution in [1.29, 1.82) is 0 Å². The molecule has 0 aliphatic rings. The summed E-state index contributed by atoms with van der Waals surface area (Å²) in [6.45, 7) is -3.09. The number of halogens is 5. The van der Waals surface area contributed by atoms with Crippen LogP contribution < -0.4 is 4.74 Å². The predicted octanol–water partition coefficient (Wildman–Crippen LogP) is 2.37. The van der Waals surface area contributed by atoms with E-state index in [0.29, 0.717) is 0 Å². The highest BCUT2D eigenvalue weighted by Crippen LogP contribution is 2.23. The number of alkyl halides is 3. The van der Waals surface area contributed by atoms with Crippen LogP contribution in [0.25, 0.3) is 0 Å².